The summed E-state index contributed by atoms with van der Waals surface area (Å²) in [6.45, 7) is 8.01. The topological polar surface area (TPSA) is 76.9 Å². The Kier molecular flexibility index (Phi) is 4.78. The first-order valence-electron chi connectivity index (χ1n) is 8.27. The van der Waals surface area contributed by atoms with Crippen LogP contribution in [0.15, 0.2) is 12.4 Å². The van der Waals surface area contributed by atoms with Gasteiger partial charge >= 0.3 is 6.18 Å². The highest BCUT2D eigenvalue weighted by atomic mass is 19.4. The van der Waals surface area contributed by atoms with E-state index >= 15 is 0 Å². The van der Waals surface area contributed by atoms with E-state index in [1.54, 1.807) is 17.8 Å². The molecule has 3 rings (SSSR count). The second-order valence-electron chi connectivity index (χ2n) is 6.74. The molecule has 7 nitrogen and oxygen atoms in total. The van der Waals surface area contributed by atoms with Crippen molar-refractivity contribution < 1.29 is 17.9 Å². The van der Waals surface area contributed by atoms with Gasteiger partial charge in [0.05, 0.1) is 31.1 Å². The van der Waals surface area contributed by atoms with Crippen LogP contribution in [0.5, 0.6) is 0 Å². The number of rotatable bonds is 6. The van der Waals surface area contributed by atoms with Gasteiger partial charge in [0.2, 0.25) is 5.95 Å². The molecule has 1 aliphatic heterocycles. The molecule has 1 fully saturated rings. The Morgan fingerprint density at radius 2 is 2.08 bits per heavy atom. The second-order valence-corrected chi connectivity index (χ2v) is 6.74. The third kappa shape index (κ3) is 3.90. The van der Waals surface area contributed by atoms with Gasteiger partial charge < -0.3 is 15.4 Å². The van der Waals surface area contributed by atoms with E-state index in [9.17, 15) is 13.2 Å². The molecule has 3 heterocycles. The monoisotopic (exact) mass is 370 g/mol. The molecule has 0 radical (unpaired) electrons. The van der Waals surface area contributed by atoms with E-state index in [1.807, 2.05) is 6.92 Å². The smallest absolute Gasteiger partial charge is 0.380 e. The number of anilines is 3. The van der Waals surface area contributed by atoms with Crippen LogP contribution in [0.3, 0.4) is 0 Å². The van der Waals surface area contributed by atoms with E-state index in [-0.39, 0.29) is 17.2 Å². The van der Waals surface area contributed by atoms with Crippen molar-refractivity contribution in [2.75, 3.05) is 30.4 Å². The minimum absolute atomic E-state index is 0.0544. The number of aromatic nitrogens is 4. The summed E-state index contributed by atoms with van der Waals surface area (Å²) in [6.07, 6.45) is -1.94. The van der Waals surface area contributed by atoms with E-state index in [4.69, 9.17) is 4.74 Å². The summed E-state index contributed by atoms with van der Waals surface area (Å²) in [5.74, 6) is -0.170. The predicted octanol–water partition coefficient (Wildman–Crippen LogP) is 3.21. The molecule has 0 bridgehead atoms. The first-order chi connectivity index (χ1) is 12.2. The number of nitrogens with one attached hydrogen (secondary N) is 2. The Labute approximate surface area is 149 Å². The maximum Gasteiger partial charge on any atom is 0.421 e. The van der Waals surface area contributed by atoms with Crippen molar-refractivity contribution >= 4 is 17.5 Å². The van der Waals surface area contributed by atoms with E-state index in [2.05, 4.69) is 32.6 Å². The van der Waals surface area contributed by atoms with Crippen LogP contribution in [-0.4, -0.2) is 39.5 Å². The Morgan fingerprint density at radius 1 is 1.35 bits per heavy atom. The lowest BCUT2D eigenvalue weighted by Crippen LogP contribution is -2.43. The summed E-state index contributed by atoms with van der Waals surface area (Å²) in [4.78, 5) is 7.76. The molecule has 2 N–H and O–H groups in total. The number of ether oxygens (including phenoxy) is 1. The molecule has 26 heavy (non-hydrogen) atoms. The van der Waals surface area contributed by atoms with Crippen molar-refractivity contribution in [1.82, 2.24) is 19.7 Å². The number of hydrogen-bond donors (Lipinski definition) is 2. The molecule has 1 saturated heterocycles. The van der Waals surface area contributed by atoms with Crippen LogP contribution in [-0.2, 0) is 17.5 Å². The number of hydrogen-bond acceptors (Lipinski definition) is 6. The summed E-state index contributed by atoms with van der Waals surface area (Å²) >= 11 is 0. The van der Waals surface area contributed by atoms with Gasteiger partial charge in [-0.3, -0.25) is 4.68 Å². The van der Waals surface area contributed by atoms with Crippen molar-refractivity contribution in [2.45, 2.75) is 33.5 Å². The van der Waals surface area contributed by atoms with Crippen molar-refractivity contribution in [3.63, 3.8) is 0 Å². The average Bonchev–Trinajstić information content (AvgIpc) is 2.84. The van der Waals surface area contributed by atoms with Gasteiger partial charge in [-0.25, -0.2) is 4.98 Å². The summed E-state index contributed by atoms with van der Waals surface area (Å²) in [7, 11) is 0. The standard InChI is InChI=1S/C16H21F3N6O/c1-4-20-13-11(16(17,18)19)5-21-14(23-13)22-12-6-25(24-10(12)2)7-15(3)8-26-9-15/h5-6H,4,7-9H2,1-3H3,(H2,20,21,22,23). The molecule has 2 aromatic rings. The maximum absolute atomic E-state index is 13.0. The lowest BCUT2D eigenvalue weighted by atomic mass is 9.89. The number of halogens is 3. The van der Waals surface area contributed by atoms with Crippen LogP contribution in [0, 0.1) is 12.3 Å². The molecule has 0 saturated carbocycles. The minimum atomic E-state index is -4.52. The Morgan fingerprint density at radius 3 is 2.65 bits per heavy atom. The molecule has 0 atom stereocenters. The third-order valence-electron chi connectivity index (χ3n) is 4.08. The quantitative estimate of drug-likeness (QED) is 0.813. The van der Waals surface area contributed by atoms with Crippen LogP contribution in [0.25, 0.3) is 0 Å². The van der Waals surface area contributed by atoms with Crippen molar-refractivity contribution in [3.8, 4) is 0 Å². The van der Waals surface area contributed by atoms with Gasteiger partial charge in [-0.05, 0) is 13.8 Å². The molecule has 2 aromatic heterocycles. The Hall–Kier alpha value is -2.36. The van der Waals surface area contributed by atoms with Crippen molar-refractivity contribution in [2.24, 2.45) is 5.41 Å². The molecule has 0 aliphatic carbocycles. The molecule has 1 aliphatic rings. The lowest BCUT2D eigenvalue weighted by molar-refractivity contribution is -0.137. The van der Waals surface area contributed by atoms with Crippen LogP contribution in [0.4, 0.5) is 30.6 Å². The van der Waals surface area contributed by atoms with E-state index in [0.29, 0.717) is 37.7 Å². The molecular weight excluding hydrogens is 349 g/mol. The Bertz CT molecular complexity index is 785. The van der Waals surface area contributed by atoms with Crippen LogP contribution >= 0.6 is 0 Å². The van der Waals surface area contributed by atoms with Gasteiger partial charge in [-0.15, -0.1) is 0 Å². The highest BCUT2D eigenvalue weighted by molar-refractivity contribution is 5.58. The summed E-state index contributed by atoms with van der Waals surface area (Å²) in [5, 5.41) is 10.0. The minimum Gasteiger partial charge on any atom is -0.380 e. The molecular formula is C16H21F3N6O. The van der Waals surface area contributed by atoms with Crippen LogP contribution < -0.4 is 10.6 Å². The zero-order chi connectivity index (χ0) is 18.9. The van der Waals surface area contributed by atoms with Gasteiger partial charge in [0.1, 0.15) is 11.4 Å². The largest absolute Gasteiger partial charge is 0.421 e. The SMILES string of the molecule is CCNc1nc(Nc2cn(CC3(C)COC3)nc2C)ncc1C(F)(F)F. The van der Waals surface area contributed by atoms with Crippen LogP contribution in [0.2, 0.25) is 0 Å². The zero-order valence-electron chi connectivity index (χ0n) is 14.8. The fourth-order valence-electron chi connectivity index (χ4n) is 2.73. The van der Waals surface area contributed by atoms with E-state index < -0.39 is 11.7 Å². The summed E-state index contributed by atoms with van der Waals surface area (Å²) in [6, 6.07) is 0. The molecule has 10 heteroatoms. The third-order valence-corrected chi connectivity index (χ3v) is 4.08. The molecule has 0 spiro atoms. The highest BCUT2D eigenvalue weighted by Crippen LogP contribution is 2.34. The lowest BCUT2D eigenvalue weighted by Gasteiger charge is -2.37. The van der Waals surface area contributed by atoms with E-state index in [1.165, 1.54) is 0 Å². The number of alkyl halides is 3. The summed E-state index contributed by atoms with van der Waals surface area (Å²) < 4.78 is 46.1. The average molecular weight is 370 g/mol. The second kappa shape index (κ2) is 6.75. The molecule has 142 valence electrons. The predicted molar refractivity (Wildman–Crippen MR) is 90.4 cm³/mol. The van der Waals surface area contributed by atoms with Crippen molar-refractivity contribution in [3.05, 3.63) is 23.7 Å². The summed E-state index contributed by atoms with van der Waals surface area (Å²) in [5.41, 5.74) is 0.521. The number of aryl methyl sites for hydroxylation is 1. The normalized spacial score (nSPS) is 16.2. The fourth-order valence-corrected chi connectivity index (χ4v) is 2.73. The first kappa shape index (κ1) is 18.4. The van der Waals surface area contributed by atoms with Gasteiger partial charge in [0.15, 0.2) is 0 Å². The number of nitrogens with zero attached hydrogens (tertiary/aromatic N) is 4. The molecule has 0 unspecified atom stereocenters. The van der Waals surface area contributed by atoms with Gasteiger partial charge in [-0.1, -0.05) is 6.92 Å². The van der Waals surface area contributed by atoms with Gasteiger partial charge in [0, 0.05) is 24.4 Å². The molecule has 0 aromatic carbocycles. The van der Waals surface area contributed by atoms with E-state index in [0.717, 1.165) is 6.20 Å². The zero-order valence-corrected chi connectivity index (χ0v) is 14.8. The maximum atomic E-state index is 13.0. The Balaban J connectivity index is 1.80. The highest BCUT2D eigenvalue weighted by Gasteiger charge is 2.35. The van der Waals surface area contributed by atoms with Gasteiger partial charge in [-0.2, -0.15) is 23.3 Å². The fraction of sp³-hybridized carbons (Fsp3) is 0.562. The first-order valence-corrected chi connectivity index (χ1v) is 8.27. The molecule has 0 amide bonds. The van der Waals surface area contributed by atoms with Crippen LogP contribution in [0.1, 0.15) is 25.1 Å². The van der Waals surface area contributed by atoms with Gasteiger partial charge in [0.25, 0.3) is 0 Å². The van der Waals surface area contributed by atoms with Crippen molar-refractivity contribution in [1.29, 1.82) is 0 Å².